The maximum Gasteiger partial charge on any atom is 0.407 e. The summed E-state index contributed by atoms with van der Waals surface area (Å²) in [5, 5.41) is 16.8. The van der Waals surface area contributed by atoms with Crippen LogP contribution in [0, 0.1) is 22.7 Å². The van der Waals surface area contributed by atoms with Gasteiger partial charge in [0.25, 0.3) is 0 Å². The molecular weight excluding hydrogens is 787 g/mol. The van der Waals surface area contributed by atoms with E-state index in [2.05, 4.69) is 86.3 Å². The van der Waals surface area contributed by atoms with Crippen molar-refractivity contribution >= 4 is 34.8 Å². The van der Waals surface area contributed by atoms with Gasteiger partial charge >= 0.3 is 12.2 Å². The predicted molar refractivity (Wildman–Crippen MR) is 234 cm³/mol. The molecule has 3 heterocycles. The smallest absolute Gasteiger partial charge is 0.407 e. The van der Waals surface area contributed by atoms with Crippen LogP contribution in [-0.4, -0.2) is 93.1 Å². The Hall–Kier alpha value is -6.69. The molecule has 4 amide bonds. The summed E-state index contributed by atoms with van der Waals surface area (Å²) < 4.78 is 9.54. The zero-order valence-corrected chi connectivity index (χ0v) is 36.2. The number of ether oxygens (including phenoxy) is 2. The van der Waals surface area contributed by atoms with Gasteiger partial charge in [0.1, 0.15) is 23.7 Å². The molecule has 1 saturated heterocycles. The number of methoxy groups -OCH3 is 2. The van der Waals surface area contributed by atoms with Crippen LogP contribution in [0.2, 0.25) is 0 Å². The molecule has 4 atom stereocenters. The number of nitrogens with one attached hydrogen (secondary N) is 4. The van der Waals surface area contributed by atoms with Gasteiger partial charge in [-0.2, -0.15) is 5.26 Å². The molecular formula is C47H55N9O6. The third-order valence-electron chi connectivity index (χ3n) is 12.3. The number of likely N-dealkylation sites (tertiary alicyclic amines) is 1. The second-order valence-electron chi connectivity index (χ2n) is 16.7. The van der Waals surface area contributed by atoms with Crippen LogP contribution in [0.25, 0.3) is 44.4 Å². The van der Waals surface area contributed by atoms with Gasteiger partial charge in [0.15, 0.2) is 0 Å². The lowest BCUT2D eigenvalue weighted by molar-refractivity contribution is -0.136. The van der Waals surface area contributed by atoms with Gasteiger partial charge in [-0.25, -0.2) is 19.6 Å². The van der Waals surface area contributed by atoms with E-state index in [-0.39, 0.29) is 42.2 Å². The summed E-state index contributed by atoms with van der Waals surface area (Å²) in [7, 11) is 2.55. The van der Waals surface area contributed by atoms with Crippen molar-refractivity contribution < 1.29 is 28.7 Å². The number of nitrogens with zero attached hydrogens (tertiary/aromatic N) is 5. The molecule has 0 unspecified atom stereocenters. The van der Waals surface area contributed by atoms with E-state index in [1.165, 1.54) is 14.2 Å². The van der Waals surface area contributed by atoms with Crippen LogP contribution in [0.5, 0.6) is 0 Å². The number of imidazole rings is 2. The van der Waals surface area contributed by atoms with E-state index in [9.17, 15) is 24.4 Å². The second kappa shape index (κ2) is 18.5. The van der Waals surface area contributed by atoms with Crippen molar-refractivity contribution in [2.24, 2.45) is 11.3 Å². The third-order valence-corrected chi connectivity index (χ3v) is 12.3. The van der Waals surface area contributed by atoms with E-state index in [0.717, 1.165) is 69.5 Å². The molecule has 15 heteroatoms. The van der Waals surface area contributed by atoms with Gasteiger partial charge in [0, 0.05) is 18.7 Å². The summed E-state index contributed by atoms with van der Waals surface area (Å²) in [6.07, 6.45) is 6.31. The number of hydrogen-bond acceptors (Lipinski definition) is 9. The molecule has 2 aliphatic rings. The van der Waals surface area contributed by atoms with Crippen molar-refractivity contribution in [3.05, 3.63) is 84.7 Å². The SMILES string of the molecule is CC[C@H](NC(=O)OC)C(=O)N(CCC#N)[C@@H](CC)c1ncc(-c2ccc3cc(-c4ccc(-c5cnc([C@@H]6CC7(CC7)CN6C(=O)[C@@H](NC(=O)OC)C(C)C)[nH]5)cc4)ccc3c2)[nH]1. The van der Waals surface area contributed by atoms with Crippen LogP contribution in [0.4, 0.5) is 9.59 Å². The monoisotopic (exact) mass is 841 g/mol. The van der Waals surface area contributed by atoms with Crippen molar-refractivity contribution in [2.75, 3.05) is 27.3 Å². The van der Waals surface area contributed by atoms with E-state index < -0.39 is 30.3 Å². The summed E-state index contributed by atoms with van der Waals surface area (Å²) in [4.78, 5) is 71.5. The lowest BCUT2D eigenvalue weighted by atomic mass is 9.98. The zero-order valence-electron chi connectivity index (χ0n) is 36.2. The number of fused-ring (bicyclic) bond motifs is 1. The number of hydrogen-bond donors (Lipinski definition) is 4. The van der Waals surface area contributed by atoms with E-state index in [4.69, 9.17) is 14.5 Å². The molecule has 324 valence electrons. The number of rotatable bonds is 15. The van der Waals surface area contributed by atoms with Gasteiger partial charge in [-0.3, -0.25) is 9.59 Å². The lowest BCUT2D eigenvalue weighted by Crippen LogP contribution is -2.51. The molecule has 2 fully saturated rings. The molecule has 1 saturated carbocycles. The standard InChI is InChI=1S/C47H55N9O6/c1-7-35(53-45(59)61-5)43(57)55(21-9-20-48)38(8-2)41-49-26-37(52-41)34-17-16-32-22-31(14-15-33(32)23-34)29-10-12-30(13-11-29)36-25-50-42(51-36)39-24-47(18-19-47)27-56(39)44(58)40(28(3)4)54-46(60)62-6/h10-17,22-23,25-26,28,35,38-40H,7-9,18-19,21,24,27H2,1-6H3,(H,49,52)(H,50,51)(H,53,59)(H,54,60)/t35-,38-,39-,40-/m0/s1. The Morgan fingerprint density at radius 3 is 2.10 bits per heavy atom. The van der Waals surface area contributed by atoms with Gasteiger partial charge in [-0.15, -0.1) is 0 Å². The van der Waals surface area contributed by atoms with Crippen molar-refractivity contribution in [1.82, 2.24) is 40.4 Å². The molecule has 0 radical (unpaired) electrons. The highest BCUT2D eigenvalue weighted by Gasteiger charge is 2.55. The second-order valence-corrected chi connectivity index (χ2v) is 16.7. The molecule has 1 aliphatic carbocycles. The Kier molecular flexibility index (Phi) is 13.0. The van der Waals surface area contributed by atoms with Gasteiger partial charge in [-0.1, -0.05) is 76.2 Å². The van der Waals surface area contributed by atoms with Crippen LogP contribution in [0.1, 0.15) is 90.0 Å². The number of H-pyrrole nitrogens is 2. The zero-order chi connectivity index (χ0) is 44.1. The summed E-state index contributed by atoms with van der Waals surface area (Å²) in [6.45, 7) is 8.44. The maximum atomic E-state index is 13.9. The molecule has 3 aromatic carbocycles. The van der Waals surface area contributed by atoms with Crippen molar-refractivity contribution in [3.8, 4) is 39.7 Å². The first-order chi connectivity index (χ1) is 29.9. The van der Waals surface area contributed by atoms with E-state index in [1.54, 1.807) is 18.0 Å². The summed E-state index contributed by atoms with van der Waals surface area (Å²) >= 11 is 0. The average molecular weight is 842 g/mol. The number of nitriles is 1. The maximum absolute atomic E-state index is 13.9. The van der Waals surface area contributed by atoms with Crippen molar-refractivity contribution in [2.45, 2.75) is 90.4 Å². The Morgan fingerprint density at radius 1 is 0.855 bits per heavy atom. The number of carbonyl (C=O) groups is 4. The highest BCUT2D eigenvalue weighted by atomic mass is 16.5. The van der Waals surface area contributed by atoms with E-state index in [1.807, 2.05) is 37.9 Å². The Balaban J connectivity index is 1.05. The topological polar surface area (TPSA) is 198 Å². The fraction of sp³-hybridized carbons (Fsp3) is 0.426. The van der Waals surface area contributed by atoms with Crippen molar-refractivity contribution in [3.63, 3.8) is 0 Å². The van der Waals surface area contributed by atoms with Crippen LogP contribution in [0.15, 0.2) is 73.1 Å². The number of carbonyl (C=O) groups excluding carboxylic acids is 4. The van der Waals surface area contributed by atoms with E-state index >= 15 is 0 Å². The normalized spacial score (nSPS) is 16.7. The van der Waals surface area contributed by atoms with Crippen LogP contribution >= 0.6 is 0 Å². The van der Waals surface area contributed by atoms with E-state index in [0.29, 0.717) is 25.2 Å². The lowest BCUT2D eigenvalue weighted by Gasteiger charge is -2.32. The Bertz CT molecular complexity index is 2460. The Labute approximate surface area is 361 Å². The fourth-order valence-corrected chi connectivity index (χ4v) is 8.58. The summed E-state index contributed by atoms with van der Waals surface area (Å²) in [5.74, 6) is 0.810. The minimum absolute atomic E-state index is 0.112. The molecule has 2 aromatic heterocycles. The minimum Gasteiger partial charge on any atom is -0.453 e. The summed E-state index contributed by atoms with van der Waals surface area (Å²) in [5.41, 5.74) is 5.82. The molecule has 15 nitrogen and oxygen atoms in total. The largest absolute Gasteiger partial charge is 0.453 e. The minimum atomic E-state index is -0.802. The highest BCUT2D eigenvalue weighted by Crippen LogP contribution is 2.58. The van der Waals surface area contributed by atoms with Gasteiger partial charge < -0.3 is 39.9 Å². The van der Waals surface area contributed by atoms with Gasteiger partial charge in [0.2, 0.25) is 11.8 Å². The number of benzene rings is 3. The number of aromatic nitrogens is 4. The number of amides is 4. The number of aromatic amines is 2. The first kappa shape index (κ1) is 43.4. The van der Waals surface area contributed by atoms with Gasteiger partial charge in [0.05, 0.1) is 62.6 Å². The van der Waals surface area contributed by atoms with Crippen LogP contribution in [-0.2, 0) is 19.1 Å². The molecule has 62 heavy (non-hydrogen) atoms. The van der Waals surface area contributed by atoms with Crippen LogP contribution < -0.4 is 10.6 Å². The molecule has 1 spiro atoms. The Morgan fingerprint density at radius 2 is 1.47 bits per heavy atom. The first-order valence-electron chi connectivity index (χ1n) is 21.3. The molecule has 4 N–H and O–H groups in total. The molecule has 1 aliphatic heterocycles. The number of alkyl carbamates (subject to hydrolysis) is 2. The molecule has 0 bridgehead atoms. The highest BCUT2D eigenvalue weighted by molar-refractivity contribution is 5.91. The fourth-order valence-electron chi connectivity index (χ4n) is 8.58. The average Bonchev–Trinajstić information content (AvgIpc) is 3.61. The van der Waals surface area contributed by atoms with Gasteiger partial charge in [-0.05, 0) is 83.0 Å². The quantitative estimate of drug-likeness (QED) is 0.0806. The predicted octanol–water partition coefficient (Wildman–Crippen LogP) is 8.05. The van der Waals surface area contributed by atoms with Crippen molar-refractivity contribution in [1.29, 1.82) is 5.26 Å². The summed E-state index contributed by atoms with van der Waals surface area (Å²) in [6, 6.07) is 20.9. The molecule has 5 aromatic rings. The third kappa shape index (κ3) is 9.14. The first-order valence-corrected chi connectivity index (χ1v) is 21.3. The molecule has 7 rings (SSSR count). The van der Waals surface area contributed by atoms with Crippen LogP contribution in [0.3, 0.4) is 0 Å².